The van der Waals surface area contributed by atoms with Gasteiger partial charge in [0.15, 0.2) is 0 Å². The van der Waals surface area contributed by atoms with Gasteiger partial charge in [-0.3, -0.25) is 14.5 Å². The van der Waals surface area contributed by atoms with Gasteiger partial charge in [0.25, 0.3) is 11.8 Å². The van der Waals surface area contributed by atoms with Gasteiger partial charge in [0.1, 0.15) is 0 Å². The first-order chi connectivity index (χ1) is 19.6. The predicted molar refractivity (Wildman–Crippen MR) is 162 cm³/mol. The van der Waals surface area contributed by atoms with E-state index in [0.717, 1.165) is 47.8 Å². The van der Waals surface area contributed by atoms with Gasteiger partial charge in [0, 0.05) is 34.7 Å². The molecule has 40 heavy (non-hydrogen) atoms. The highest BCUT2D eigenvalue weighted by atomic mass is 16.2. The molecule has 1 fully saturated rings. The van der Waals surface area contributed by atoms with Crippen molar-refractivity contribution in [1.29, 1.82) is 0 Å². The molecule has 6 nitrogen and oxygen atoms in total. The first-order valence-corrected chi connectivity index (χ1v) is 13.8. The van der Waals surface area contributed by atoms with E-state index >= 15 is 0 Å². The summed E-state index contributed by atoms with van der Waals surface area (Å²) in [5, 5.41) is 9.41. The van der Waals surface area contributed by atoms with E-state index in [4.69, 9.17) is 0 Å². The van der Waals surface area contributed by atoms with Crippen LogP contribution in [0.5, 0.6) is 0 Å². The van der Waals surface area contributed by atoms with Crippen molar-refractivity contribution in [3.8, 4) is 0 Å². The zero-order valence-corrected chi connectivity index (χ0v) is 22.3. The molecule has 0 aliphatic carbocycles. The van der Waals surface area contributed by atoms with E-state index in [1.54, 1.807) is 12.1 Å². The quantitative estimate of drug-likeness (QED) is 0.229. The number of nitrogens with zero attached hydrogens (tertiary/aromatic N) is 1. The second-order valence-electron chi connectivity index (χ2n) is 10.3. The molecule has 0 unspecified atom stereocenters. The number of nitrogens with one attached hydrogen (secondary N) is 3. The summed E-state index contributed by atoms with van der Waals surface area (Å²) < 4.78 is 0. The molecule has 2 heterocycles. The summed E-state index contributed by atoms with van der Waals surface area (Å²) >= 11 is 0. The van der Waals surface area contributed by atoms with Crippen LogP contribution in [-0.2, 0) is 11.3 Å². The number of fused-ring (bicyclic) bond motifs is 1. The van der Waals surface area contributed by atoms with Crippen LogP contribution < -0.4 is 16.0 Å². The molecule has 1 saturated heterocycles. The van der Waals surface area contributed by atoms with Crippen molar-refractivity contribution in [1.82, 2.24) is 4.90 Å². The molecule has 200 valence electrons. The largest absolute Gasteiger partial charge is 0.354 e. The van der Waals surface area contributed by atoms with E-state index in [-0.39, 0.29) is 11.8 Å². The van der Waals surface area contributed by atoms with Gasteiger partial charge in [-0.05, 0) is 73.5 Å². The maximum absolute atomic E-state index is 13.4. The molecule has 3 N–H and O–H groups in total. The first-order valence-electron chi connectivity index (χ1n) is 13.8. The SMILES string of the molecule is O=C1Nc2cc(C(=O)Nc3ccccc3)ccc2C1=C(Nc1ccc(CN2CCCCC2)cc1)c1ccccc1. The fourth-order valence-electron chi connectivity index (χ4n) is 5.38. The van der Waals surface area contributed by atoms with Gasteiger partial charge in [-0.25, -0.2) is 0 Å². The Kier molecular flexibility index (Phi) is 7.42. The van der Waals surface area contributed by atoms with Crippen molar-refractivity contribution in [2.75, 3.05) is 29.0 Å². The lowest BCUT2D eigenvalue weighted by Crippen LogP contribution is -2.29. The van der Waals surface area contributed by atoms with Gasteiger partial charge in [-0.1, -0.05) is 73.2 Å². The minimum Gasteiger partial charge on any atom is -0.354 e. The van der Waals surface area contributed by atoms with Crippen molar-refractivity contribution >= 4 is 40.1 Å². The third-order valence-electron chi connectivity index (χ3n) is 7.45. The monoisotopic (exact) mass is 528 g/mol. The number of likely N-dealkylation sites (tertiary alicyclic amines) is 1. The molecule has 0 radical (unpaired) electrons. The molecule has 4 aromatic rings. The van der Waals surface area contributed by atoms with E-state index in [1.165, 1.54) is 24.8 Å². The molecule has 4 aromatic carbocycles. The van der Waals surface area contributed by atoms with Crippen molar-refractivity contribution in [2.24, 2.45) is 0 Å². The molecule has 6 rings (SSSR count). The summed E-state index contributed by atoms with van der Waals surface area (Å²) in [5.41, 5.74) is 6.94. The molecule has 0 atom stereocenters. The molecular weight excluding hydrogens is 496 g/mol. The Morgan fingerprint density at radius 2 is 1.40 bits per heavy atom. The van der Waals surface area contributed by atoms with Crippen LogP contribution >= 0.6 is 0 Å². The van der Waals surface area contributed by atoms with Gasteiger partial charge in [0.2, 0.25) is 0 Å². The van der Waals surface area contributed by atoms with Crippen LogP contribution in [0.4, 0.5) is 17.1 Å². The second-order valence-corrected chi connectivity index (χ2v) is 10.3. The zero-order valence-electron chi connectivity index (χ0n) is 22.3. The van der Waals surface area contributed by atoms with Crippen molar-refractivity contribution in [3.05, 3.63) is 125 Å². The normalized spacial score (nSPS) is 16.1. The smallest absolute Gasteiger partial charge is 0.258 e. The fraction of sp³-hybridized carbons (Fsp3) is 0.176. The summed E-state index contributed by atoms with van der Waals surface area (Å²) in [5.74, 6) is -0.435. The standard InChI is InChI=1S/C34H32N4O2/c39-33(36-27-12-6-2-7-13-27)26-16-19-29-30(22-26)37-34(40)31(29)32(25-10-4-1-5-11-25)35-28-17-14-24(15-18-28)23-38-20-8-3-9-21-38/h1-2,4-7,10-19,22,35H,3,8-9,20-21,23H2,(H,36,39)(H,37,40). The predicted octanol–water partition coefficient (Wildman–Crippen LogP) is 6.86. The highest BCUT2D eigenvalue weighted by Gasteiger charge is 2.29. The van der Waals surface area contributed by atoms with Crippen LogP contribution in [0.25, 0.3) is 11.3 Å². The van der Waals surface area contributed by atoms with Gasteiger partial charge < -0.3 is 16.0 Å². The molecule has 0 spiro atoms. The van der Waals surface area contributed by atoms with E-state index < -0.39 is 0 Å². The third-order valence-corrected chi connectivity index (χ3v) is 7.45. The summed E-state index contributed by atoms with van der Waals surface area (Å²) in [6.07, 6.45) is 3.88. The average Bonchev–Trinajstić information content (AvgIpc) is 3.33. The lowest BCUT2D eigenvalue weighted by molar-refractivity contribution is -0.110. The number of piperidine rings is 1. The summed E-state index contributed by atoms with van der Waals surface area (Å²) in [6.45, 7) is 3.28. The molecule has 0 aromatic heterocycles. The van der Waals surface area contributed by atoms with Gasteiger partial charge >= 0.3 is 0 Å². The van der Waals surface area contributed by atoms with E-state index in [0.29, 0.717) is 16.8 Å². The Hall–Kier alpha value is -4.68. The summed E-state index contributed by atoms with van der Waals surface area (Å²) in [4.78, 5) is 28.8. The molecule has 2 aliphatic rings. The molecule has 0 saturated carbocycles. The minimum absolute atomic E-state index is 0.205. The molecular formula is C34H32N4O2. The Balaban J connectivity index is 1.29. The lowest BCUT2D eigenvalue weighted by atomic mass is 9.98. The number of hydrogen-bond acceptors (Lipinski definition) is 4. The van der Waals surface area contributed by atoms with Crippen LogP contribution in [-0.4, -0.2) is 29.8 Å². The summed E-state index contributed by atoms with van der Waals surface area (Å²) in [7, 11) is 0. The van der Waals surface area contributed by atoms with E-state index in [2.05, 4.69) is 45.1 Å². The number of amides is 2. The Morgan fingerprint density at radius 3 is 2.12 bits per heavy atom. The van der Waals surface area contributed by atoms with Gasteiger partial charge in [0.05, 0.1) is 11.3 Å². The summed E-state index contributed by atoms with van der Waals surface area (Å²) in [6, 6.07) is 33.0. The Labute approximate surface area is 234 Å². The maximum Gasteiger partial charge on any atom is 0.258 e. The Bertz CT molecular complexity index is 1540. The van der Waals surface area contributed by atoms with Crippen LogP contribution in [0.2, 0.25) is 0 Å². The van der Waals surface area contributed by atoms with Crippen LogP contribution in [0, 0.1) is 0 Å². The third kappa shape index (κ3) is 5.67. The number of para-hydroxylation sites is 1. The van der Waals surface area contributed by atoms with Crippen molar-refractivity contribution in [2.45, 2.75) is 25.8 Å². The number of anilines is 3. The minimum atomic E-state index is -0.230. The number of carbonyl (C=O) groups is 2. The van der Waals surface area contributed by atoms with Crippen LogP contribution in [0.1, 0.15) is 46.3 Å². The number of hydrogen-bond donors (Lipinski definition) is 3. The van der Waals surface area contributed by atoms with Crippen molar-refractivity contribution < 1.29 is 9.59 Å². The lowest BCUT2D eigenvalue weighted by Gasteiger charge is -2.26. The van der Waals surface area contributed by atoms with Gasteiger partial charge in [-0.15, -0.1) is 0 Å². The topological polar surface area (TPSA) is 73.5 Å². The van der Waals surface area contributed by atoms with E-state index in [1.807, 2.05) is 66.7 Å². The fourth-order valence-corrected chi connectivity index (χ4v) is 5.38. The van der Waals surface area contributed by atoms with Crippen molar-refractivity contribution in [3.63, 3.8) is 0 Å². The van der Waals surface area contributed by atoms with Crippen LogP contribution in [0.3, 0.4) is 0 Å². The average molecular weight is 529 g/mol. The van der Waals surface area contributed by atoms with Crippen LogP contribution in [0.15, 0.2) is 103 Å². The maximum atomic E-state index is 13.4. The Morgan fingerprint density at radius 1 is 0.725 bits per heavy atom. The highest BCUT2D eigenvalue weighted by Crippen LogP contribution is 2.38. The number of carbonyl (C=O) groups excluding carboxylic acids is 2. The molecule has 2 amide bonds. The second kappa shape index (κ2) is 11.6. The highest BCUT2D eigenvalue weighted by molar-refractivity contribution is 6.37. The molecule has 2 aliphatic heterocycles. The van der Waals surface area contributed by atoms with E-state index in [9.17, 15) is 9.59 Å². The first kappa shape index (κ1) is 25.6. The molecule has 6 heteroatoms. The number of benzene rings is 4. The zero-order chi connectivity index (χ0) is 27.3. The van der Waals surface area contributed by atoms with Gasteiger partial charge in [-0.2, -0.15) is 0 Å². The number of rotatable bonds is 7. The molecule has 0 bridgehead atoms.